The van der Waals surface area contributed by atoms with E-state index in [1.165, 1.54) is 75.3 Å². The van der Waals surface area contributed by atoms with Crippen LogP contribution < -0.4 is 24.3 Å². The largest absolute Gasteiger partial charge is 0.459 e. The molecule has 83 heavy (non-hydrogen) atoms. The molecule has 19 nitrogen and oxygen atoms in total. The van der Waals surface area contributed by atoms with Gasteiger partial charge < -0.3 is 49.0 Å². The Labute approximate surface area is 485 Å². The van der Waals surface area contributed by atoms with E-state index >= 15 is 4.79 Å². The molecular formula is C64H79N5O14. The Morgan fingerprint density at radius 2 is 1.45 bits per heavy atom. The van der Waals surface area contributed by atoms with Gasteiger partial charge in [-0.3, -0.25) is 25.0 Å². The maximum absolute atomic E-state index is 15.5. The third-order valence-corrected chi connectivity index (χ3v) is 16.2. The first-order valence-electron chi connectivity index (χ1n) is 29.5. The molecule has 6 atom stereocenters. The van der Waals surface area contributed by atoms with Gasteiger partial charge in [0.05, 0.1) is 28.1 Å². The van der Waals surface area contributed by atoms with Crippen molar-refractivity contribution in [1.82, 2.24) is 10.2 Å². The molecule has 4 aliphatic rings. The second-order valence-electron chi connectivity index (χ2n) is 21.8. The molecule has 4 aromatic rings. The monoisotopic (exact) mass is 1140 g/mol. The standard InChI is InChI=1S/C64H79N5O14/c1-3-5-6-7-8-9-10-11-12-15-34-65-63(73)82-51-30-32-56-54(40-51)61-52(19-14-17-36-71)48(18-13-16-35-70)39-53-55(66-81-43-46-22-28-50(29-23-46)69(76)77)41-59(64(83-56,62(53)61)80-37-4-2)67(42-47-24-31-57-58(38-47)79-44-78-57)60(72)33-25-45-20-26-49(27-21-45)68(74)75/h4,20-33,38-40,48,52,59,61-62,70-71H,2-3,5-19,34-37,41-44H2,1H3,(H,65,73). The van der Waals surface area contributed by atoms with Crippen LogP contribution in [-0.2, 0) is 27.5 Å². The van der Waals surface area contributed by atoms with Crippen molar-refractivity contribution in [2.24, 2.45) is 22.9 Å². The van der Waals surface area contributed by atoms with Gasteiger partial charge in [0.1, 0.15) is 24.1 Å². The van der Waals surface area contributed by atoms with E-state index in [2.05, 4.69) is 24.9 Å². The minimum atomic E-state index is -1.68. The van der Waals surface area contributed by atoms with E-state index in [4.69, 9.17) is 33.7 Å². The lowest BCUT2D eigenvalue weighted by Gasteiger charge is -2.60. The summed E-state index contributed by atoms with van der Waals surface area (Å²) in [6, 6.07) is 21.7. The number of ether oxygens (including phenoxy) is 5. The number of hydrogen-bond donors (Lipinski definition) is 3. The van der Waals surface area contributed by atoms with E-state index in [0.29, 0.717) is 90.5 Å². The highest BCUT2D eigenvalue weighted by Crippen LogP contribution is 2.62. The number of oxime groups is 1. The number of non-ortho nitro benzene ring substituents is 2. The molecule has 1 saturated carbocycles. The Morgan fingerprint density at radius 1 is 0.795 bits per heavy atom. The molecule has 8 rings (SSSR count). The summed E-state index contributed by atoms with van der Waals surface area (Å²) in [6.07, 6.45) is 21.8. The molecule has 4 aromatic carbocycles. The molecule has 444 valence electrons. The second-order valence-corrected chi connectivity index (χ2v) is 21.8. The normalized spacial score (nSPS) is 20.6. The van der Waals surface area contributed by atoms with E-state index in [1.807, 2.05) is 18.2 Å². The van der Waals surface area contributed by atoms with Crippen LogP contribution in [0, 0.1) is 38.0 Å². The quantitative estimate of drug-likeness (QED) is 0.0132. The Bertz CT molecular complexity index is 2930. The molecule has 0 spiro atoms. The first kappa shape index (κ1) is 61.5. The Kier molecular flexibility index (Phi) is 22.7. The van der Waals surface area contributed by atoms with Crippen molar-refractivity contribution < 1.29 is 58.2 Å². The van der Waals surface area contributed by atoms with Crippen molar-refractivity contribution >= 4 is 35.2 Å². The Morgan fingerprint density at radius 3 is 2.13 bits per heavy atom. The number of rotatable bonds is 33. The van der Waals surface area contributed by atoms with Crippen molar-refractivity contribution in [2.75, 3.05) is 33.2 Å². The van der Waals surface area contributed by atoms with E-state index in [9.17, 15) is 35.2 Å². The van der Waals surface area contributed by atoms with Crippen molar-refractivity contribution in [3.63, 3.8) is 0 Å². The number of nitro benzene ring substituents is 2. The molecular weight excluding hydrogens is 1060 g/mol. The summed E-state index contributed by atoms with van der Waals surface area (Å²) < 4.78 is 32.2. The molecule has 0 radical (unpaired) electrons. The summed E-state index contributed by atoms with van der Waals surface area (Å²) in [4.78, 5) is 59.1. The summed E-state index contributed by atoms with van der Waals surface area (Å²) in [5.41, 5.74) is 3.69. The van der Waals surface area contributed by atoms with E-state index in [-0.39, 0.29) is 69.4 Å². The highest BCUT2D eigenvalue weighted by molar-refractivity contribution is 6.03. The van der Waals surface area contributed by atoms with Crippen molar-refractivity contribution in [2.45, 2.75) is 147 Å². The predicted octanol–water partition coefficient (Wildman–Crippen LogP) is 12.8. The number of nitrogens with zero attached hydrogens (tertiary/aromatic N) is 4. The molecule has 6 unspecified atom stereocenters. The minimum Gasteiger partial charge on any atom is -0.459 e. The Balaban J connectivity index is 1.23. The molecule has 2 aliphatic carbocycles. The molecule has 0 saturated heterocycles. The highest BCUT2D eigenvalue weighted by atomic mass is 16.7. The van der Waals surface area contributed by atoms with Gasteiger partial charge in [0, 0.05) is 74.5 Å². The van der Waals surface area contributed by atoms with Crippen LogP contribution in [0.1, 0.15) is 144 Å². The van der Waals surface area contributed by atoms with Crippen LogP contribution in [0.4, 0.5) is 16.2 Å². The number of carbonyl (C=O) groups excluding carboxylic acids is 2. The first-order chi connectivity index (χ1) is 40.5. The van der Waals surface area contributed by atoms with Crippen molar-refractivity contribution in [1.29, 1.82) is 0 Å². The van der Waals surface area contributed by atoms with Gasteiger partial charge in [-0.2, -0.15) is 0 Å². The van der Waals surface area contributed by atoms with Gasteiger partial charge in [0.15, 0.2) is 11.5 Å². The van der Waals surface area contributed by atoms with Gasteiger partial charge in [-0.25, -0.2) is 4.79 Å². The number of amides is 2. The smallest absolute Gasteiger partial charge is 0.412 e. The van der Waals surface area contributed by atoms with Crippen LogP contribution in [0.2, 0.25) is 0 Å². The van der Waals surface area contributed by atoms with Gasteiger partial charge in [-0.05, 0) is 127 Å². The second kappa shape index (κ2) is 30.6. The van der Waals surface area contributed by atoms with Crippen molar-refractivity contribution in [3.05, 3.63) is 158 Å². The molecule has 2 heterocycles. The van der Waals surface area contributed by atoms with Gasteiger partial charge >= 0.3 is 6.09 Å². The van der Waals surface area contributed by atoms with Gasteiger partial charge in [0.25, 0.3) is 11.4 Å². The van der Waals surface area contributed by atoms with Gasteiger partial charge in [-0.1, -0.05) is 101 Å². The lowest BCUT2D eigenvalue weighted by molar-refractivity contribution is -0.385. The fourth-order valence-electron chi connectivity index (χ4n) is 12.1. The SMILES string of the molecule is C=CCOC12Oc3ccc(OC(=O)NCCCCCCCCCCCC)cc3C3C(CCCCO)C(CCCCO)C=C(C(=NOCc4ccc([N+](=O)[O-])cc4)CC1N(Cc1ccc4c(c1)OCO4)C(=O)C=Cc1ccc([N+](=O)[O-])cc1)C32. The Hall–Kier alpha value is -7.61. The number of nitro groups is 2. The van der Waals surface area contributed by atoms with Crippen LogP contribution in [0.25, 0.3) is 6.08 Å². The molecule has 19 heteroatoms. The van der Waals surface area contributed by atoms with Gasteiger partial charge in [-0.15, -0.1) is 6.58 Å². The third-order valence-electron chi connectivity index (χ3n) is 16.2. The molecule has 2 aliphatic heterocycles. The van der Waals surface area contributed by atoms with E-state index < -0.39 is 45.5 Å². The number of benzene rings is 4. The molecule has 2 amide bonds. The summed E-state index contributed by atoms with van der Waals surface area (Å²) in [5.74, 6) is -1.77. The average Bonchev–Trinajstić information content (AvgIpc) is 1.26. The predicted molar refractivity (Wildman–Crippen MR) is 314 cm³/mol. The van der Waals surface area contributed by atoms with Crippen molar-refractivity contribution in [3.8, 4) is 23.0 Å². The number of aliphatic hydroxyl groups excluding tert-OH is 2. The zero-order chi connectivity index (χ0) is 58.6. The summed E-state index contributed by atoms with van der Waals surface area (Å²) in [6.45, 7) is 6.73. The maximum atomic E-state index is 15.5. The van der Waals surface area contributed by atoms with Crippen LogP contribution in [0.5, 0.6) is 23.0 Å². The lowest BCUT2D eigenvalue weighted by Crippen LogP contribution is -2.70. The van der Waals surface area contributed by atoms with E-state index in [1.54, 1.807) is 59.5 Å². The fraction of sp³-hybridized carbons (Fsp3) is 0.484. The molecule has 0 aromatic heterocycles. The minimum absolute atomic E-state index is 0.00173. The van der Waals surface area contributed by atoms with E-state index in [0.717, 1.165) is 30.4 Å². The average molecular weight is 1140 g/mol. The first-order valence-corrected chi connectivity index (χ1v) is 29.5. The number of hydrogen-bond acceptors (Lipinski definition) is 15. The lowest BCUT2D eigenvalue weighted by atomic mass is 9.55. The zero-order valence-electron chi connectivity index (χ0n) is 47.5. The number of allylic oxidation sites excluding steroid dienone is 1. The fourth-order valence-corrected chi connectivity index (χ4v) is 12.1. The number of carbonyl (C=O) groups is 2. The number of nitrogens with one attached hydrogen (secondary N) is 1. The summed E-state index contributed by atoms with van der Waals surface area (Å²) >= 11 is 0. The maximum Gasteiger partial charge on any atom is 0.412 e. The van der Waals surface area contributed by atoms with Crippen LogP contribution in [0.3, 0.4) is 0 Å². The summed E-state index contributed by atoms with van der Waals surface area (Å²) in [5, 5.41) is 51.3. The molecule has 3 N–H and O–H groups in total. The van der Waals surface area contributed by atoms with Crippen LogP contribution in [0.15, 0.2) is 120 Å². The third kappa shape index (κ3) is 15.9. The van der Waals surface area contributed by atoms with Crippen LogP contribution >= 0.6 is 0 Å². The number of aliphatic hydroxyl groups is 2. The van der Waals surface area contributed by atoms with Gasteiger partial charge in [0.2, 0.25) is 18.5 Å². The molecule has 0 bridgehead atoms. The zero-order valence-corrected chi connectivity index (χ0v) is 47.5. The number of unbranched alkanes of at least 4 members (excludes halogenated alkanes) is 11. The van der Waals surface area contributed by atoms with Crippen LogP contribution in [-0.4, -0.2) is 87.7 Å². The molecule has 1 fully saturated rings. The summed E-state index contributed by atoms with van der Waals surface area (Å²) in [7, 11) is 0. The number of fused-ring (bicyclic) bond motifs is 3. The topological polar surface area (TPSA) is 244 Å². The highest BCUT2D eigenvalue weighted by Gasteiger charge is 2.65.